The Hall–Kier alpha value is -1.06. The van der Waals surface area contributed by atoms with Crippen LogP contribution in [-0.4, -0.2) is 25.3 Å². The van der Waals surface area contributed by atoms with Crippen LogP contribution in [0.4, 0.5) is 9.18 Å². The molecule has 0 saturated heterocycles. The van der Waals surface area contributed by atoms with Gasteiger partial charge in [-0.15, -0.1) is 0 Å². The molecule has 1 atom stereocenters. The molecule has 1 aliphatic carbocycles. The largest absolute Gasteiger partial charge is 0.336 e. The normalized spacial score (nSPS) is 21.4. The molecule has 0 heterocycles. The SMILES string of the molecule is CC1=C(C)C(NC(=O)NCCF)CCC1. The number of hydrogen-bond donors (Lipinski definition) is 2. The van der Waals surface area contributed by atoms with E-state index in [4.69, 9.17) is 0 Å². The number of hydrogen-bond acceptors (Lipinski definition) is 1. The fourth-order valence-electron chi connectivity index (χ4n) is 1.83. The molecule has 3 nitrogen and oxygen atoms in total. The predicted molar refractivity (Wildman–Crippen MR) is 58.5 cm³/mol. The van der Waals surface area contributed by atoms with Crippen molar-refractivity contribution < 1.29 is 9.18 Å². The third kappa shape index (κ3) is 3.53. The molecule has 0 aromatic rings. The Bertz CT molecular complexity index is 263. The molecule has 2 amide bonds. The predicted octanol–water partition coefficient (Wildman–Crippen LogP) is 2.14. The zero-order valence-electron chi connectivity index (χ0n) is 9.40. The van der Waals surface area contributed by atoms with E-state index < -0.39 is 6.67 Å². The molecule has 86 valence electrons. The third-order valence-electron chi connectivity index (χ3n) is 2.93. The van der Waals surface area contributed by atoms with Crippen LogP contribution >= 0.6 is 0 Å². The maximum Gasteiger partial charge on any atom is 0.315 e. The molecule has 2 N–H and O–H groups in total. The molecule has 1 rings (SSSR count). The quantitative estimate of drug-likeness (QED) is 0.694. The van der Waals surface area contributed by atoms with Gasteiger partial charge in [0.1, 0.15) is 6.67 Å². The summed E-state index contributed by atoms with van der Waals surface area (Å²) in [7, 11) is 0. The standard InChI is InChI=1S/C11H19FN2O/c1-8-4-3-5-10(9(8)2)14-11(15)13-7-6-12/h10H,3-7H2,1-2H3,(H2,13,14,15). The molecular weight excluding hydrogens is 195 g/mol. The monoisotopic (exact) mass is 214 g/mol. The van der Waals surface area contributed by atoms with Crippen LogP contribution in [-0.2, 0) is 0 Å². The van der Waals surface area contributed by atoms with Gasteiger partial charge < -0.3 is 10.6 Å². The van der Waals surface area contributed by atoms with Crippen LogP contribution in [0.5, 0.6) is 0 Å². The van der Waals surface area contributed by atoms with Gasteiger partial charge in [-0.25, -0.2) is 9.18 Å². The zero-order valence-corrected chi connectivity index (χ0v) is 9.40. The highest BCUT2D eigenvalue weighted by molar-refractivity contribution is 5.74. The third-order valence-corrected chi connectivity index (χ3v) is 2.93. The van der Waals surface area contributed by atoms with Crippen LogP contribution in [0.2, 0.25) is 0 Å². The number of allylic oxidation sites excluding steroid dienone is 1. The number of carbonyl (C=O) groups is 1. The second kappa shape index (κ2) is 5.73. The highest BCUT2D eigenvalue weighted by Crippen LogP contribution is 2.24. The highest BCUT2D eigenvalue weighted by Gasteiger charge is 2.19. The number of carbonyl (C=O) groups excluding carboxylic acids is 1. The van der Waals surface area contributed by atoms with Crippen molar-refractivity contribution in [1.29, 1.82) is 0 Å². The average molecular weight is 214 g/mol. The minimum absolute atomic E-state index is 0.0836. The van der Waals surface area contributed by atoms with Crippen LogP contribution in [0.15, 0.2) is 11.1 Å². The van der Waals surface area contributed by atoms with E-state index in [1.807, 2.05) is 0 Å². The van der Waals surface area contributed by atoms with Gasteiger partial charge in [-0.2, -0.15) is 0 Å². The van der Waals surface area contributed by atoms with E-state index in [-0.39, 0.29) is 18.6 Å². The Morgan fingerprint density at radius 1 is 1.53 bits per heavy atom. The smallest absolute Gasteiger partial charge is 0.315 e. The number of alkyl halides is 1. The molecule has 0 saturated carbocycles. The summed E-state index contributed by atoms with van der Waals surface area (Å²) in [5.41, 5.74) is 2.61. The molecule has 0 radical (unpaired) electrons. The van der Waals surface area contributed by atoms with Gasteiger partial charge in [-0.3, -0.25) is 0 Å². The van der Waals surface area contributed by atoms with Crippen LogP contribution in [0.3, 0.4) is 0 Å². The molecule has 1 unspecified atom stereocenters. The highest BCUT2D eigenvalue weighted by atomic mass is 19.1. The van der Waals surface area contributed by atoms with Crippen molar-refractivity contribution in [3.63, 3.8) is 0 Å². The maximum absolute atomic E-state index is 11.8. The van der Waals surface area contributed by atoms with Crippen molar-refractivity contribution in [2.75, 3.05) is 13.2 Å². The molecule has 0 bridgehead atoms. The Kier molecular flexibility index (Phi) is 4.59. The van der Waals surface area contributed by atoms with Crippen molar-refractivity contribution in [1.82, 2.24) is 10.6 Å². The van der Waals surface area contributed by atoms with E-state index in [0.29, 0.717) is 0 Å². The summed E-state index contributed by atoms with van der Waals surface area (Å²) in [6, 6.07) is -0.148. The molecule has 0 fully saturated rings. The number of amides is 2. The van der Waals surface area contributed by atoms with Crippen molar-refractivity contribution >= 4 is 6.03 Å². The van der Waals surface area contributed by atoms with Gasteiger partial charge in [-0.1, -0.05) is 11.1 Å². The number of nitrogens with one attached hydrogen (secondary N) is 2. The molecule has 1 aliphatic rings. The summed E-state index contributed by atoms with van der Waals surface area (Å²) in [5.74, 6) is 0. The minimum Gasteiger partial charge on any atom is -0.336 e. The molecule has 15 heavy (non-hydrogen) atoms. The molecule has 0 aliphatic heterocycles. The van der Waals surface area contributed by atoms with Gasteiger partial charge in [0.15, 0.2) is 0 Å². The van der Waals surface area contributed by atoms with Crippen LogP contribution in [0, 0.1) is 0 Å². The van der Waals surface area contributed by atoms with Crippen molar-refractivity contribution in [3.05, 3.63) is 11.1 Å². The molecule has 0 aromatic heterocycles. The summed E-state index contributed by atoms with van der Waals surface area (Å²) in [6.07, 6.45) is 3.21. The van der Waals surface area contributed by atoms with E-state index >= 15 is 0 Å². The maximum atomic E-state index is 11.8. The van der Waals surface area contributed by atoms with Crippen molar-refractivity contribution in [2.45, 2.75) is 39.2 Å². The summed E-state index contributed by atoms with van der Waals surface area (Å²) in [5, 5.41) is 5.33. The number of rotatable bonds is 3. The fourth-order valence-corrected chi connectivity index (χ4v) is 1.83. The number of halogens is 1. The lowest BCUT2D eigenvalue weighted by Crippen LogP contribution is -2.44. The van der Waals surface area contributed by atoms with E-state index in [1.165, 1.54) is 11.1 Å². The van der Waals surface area contributed by atoms with Gasteiger partial charge in [-0.05, 0) is 33.1 Å². The first-order valence-corrected chi connectivity index (χ1v) is 5.41. The second-order valence-corrected chi connectivity index (χ2v) is 4.00. The minimum atomic E-state index is -0.522. The van der Waals surface area contributed by atoms with Gasteiger partial charge >= 0.3 is 6.03 Å². The van der Waals surface area contributed by atoms with Crippen LogP contribution < -0.4 is 10.6 Å². The molecule has 0 aromatic carbocycles. The lowest BCUT2D eigenvalue weighted by atomic mass is 9.89. The van der Waals surface area contributed by atoms with E-state index in [1.54, 1.807) is 0 Å². The summed E-state index contributed by atoms with van der Waals surface area (Å²) >= 11 is 0. The first-order chi connectivity index (χ1) is 7.15. The Morgan fingerprint density at radius 2 is 2.27 bits per heavy atom. The second-order valence-electron chi connectivity index (χ2n) is 4.00. The Morgan fingerprint density at radius 3 is 2.93 bits per heavy atom. The van der Waals surface area contributed by atoms with E-state index in [9.17, 15) is 9.18 Å². The zero-order chi connectivity index (χ0) is 11.3. The lowest BCUT2D eigenvalue weighted by molar-refractivity contribution is 0.236. The first kappa shape index (κ1) is 12.0. The molecule has 0 spiro atoms. The van der Waals surface area contributed by atoms with Crippen molar-refractivity contribution in [3.8, 4) is 0 Å². The summed E-state index contributed by atoms with van der Waals surface area (Å²) in [4.78, 5) is 11.3. The first-order valence-electron chi connectivity index (χ1n) is 5.41. The Labute approximate surface area is 90.1 Å². The van der Waals surface area contributed by atoms with Crippen molar-refractivity contribution in [2.24, 2.45) is 0 Å². The van der Waals surface area contributed by atoms with Gasteiger partial charge in [0.2, 0.25) is 0 Å². The van der Waals surface area contributed by atoms with Crippen LogP contribution in [0.25, 0.3) is 0 Å². The topological polar surface area (TPSA) is 41.1 Å². The van der Waals surface area contributed by atoms with Crippen LogP contribution in [0.1, 0.15) is 33.1 Å². The molecular formula is C11H19FN2O. The van der Waals surface area contributed by atoms with Gasteiger partial charge in [0.25, 0.3) is 0 Å². The lowest BCUT2D eigenvalue weighted by Gasteiger charge is -2.26. The van der Waals surface area contributed by atoms with E-state index in [0.717, 1.165) is 19.3 Å². The average Bonchev–Trinajstić information content (AvgIpc) is 2.22. The number of urea groups is 1. The van der Waals surface area contributed by atoms with Gasteiger partial charge in [0.05, 0.1) is 6.04 Å². The molecule has 4 heteroatoms. The Balaban J connectivity index is 2.44. The summed E-state index contributed by atoms with van der Waals surface area (Å²) in [6.45, 7) is 3.71. The fraction of sp³-hybridized carbons (Fsp3) is 0.727. The van der Waals surface area contributed by atoms with Gasteiger partial charge in [0, 0.05) is 6.54 Å². The van der Waals surface area contributed by atoms with E-state index in [2.05, 4.69) is 24.5 Å². The summed E-state index contributed by atoms with van der Waals surface area (Å²) < 4.78 is 11.8.